The third-order valence-electron chi connectivity index (χ3n) is 2.88. The first kappa shape index (κ1) is 16.1. The molecule has 20 heavy (non-hydrogen) atoms. The Labute approximate surface area is 116 Å². The molecule has 0 atom stereocenters. The van der Waals surface area contributed by atoms with Crippen molar-refractivity contribution in [2.24, 2.45) is 0 Å². The van der Waals surface area contributed by atoms with Gasteiger partial charge in [0.2, 0.25) is 0 Å². The van der Waals surface area contributed by atoms with E-state index in [1.165, 1.54) is 24.1 Å². The minimum absolute atomic E-state index is 0.0575. The molecule has 0 aliphatic rings. The number of nitro groups is 1. The summed E-state index contributed by atoms with van der Waals surface area (Å²) < 4.78 is 4.90. The molecule has 0 aromatic heterocycles. The number of aryl methyl sites for hydroxylation is 1. The molecule has 1 rings (SSSR count). The van der Waals surface area contributed by atoms with Crippen LogP contribution >= 0.6 is 0 Å². The van der Waals surface area contributed by atoms with Gasteiger partial charge in [0.15, 0.2) is 0 Å². The van der Waals surface area contributed by atoms with Crippen molar-refractivity contribution in [3.63, 3.8) is 0 Å². The van der Waals surface area contributed by atoms with Gasteiger partial charge >= 0.3 is 0 Å². The third-order valence-corrected chi connectivity index (χ3v) is 2.88. The van der Waals surface area contributed by atoms with Crippen molar-refractivity contribution in [2.45, 2.75) is 6.92 Å². The van der Waals surface area contributed by atoms with Crippen molar-refractivity contribution in [1.82, 2.24) is 4.90 Å². The Morgan fingerprint density at radius 2 is 2.15 bits per heavy atom. The average Bonchev–Trinajstić information content (AvgIpc) is 2.42. The lowest BCUT2D eigenvalue weighted by atomic mass is 10.1. The molecular formula is C13H18N2O5. The van der Waals surface area contributed by atoms with Crippen molar-refractivity contribution in [1.29, 1.82) is 0 Å². The standard InChI is InChI=1S/C13H18N2O5/c1-10-4-3-5-11(15(18)19)12(10)13(17)14(6-8-16)7-9-20-2/h3-5,16H,6-9H2,1-2H3. The molecule has 7 nitrogen and oxygen atoms in total. The molecule has 0 aliphatic heterocycles. The number of amides is 1. The number of hydrogen-bond donors (Lipinski definition) is 1. The van der Waals surface area contributed by atoms with Gasteiger partial charge in [-0.25, -0.2) is 0 Å². The van der Waals surface area contributed by atoms with Gasteiger partial charge in [0.05, 0.1) is 18.1 Å². The Hall–Kier alpha value is -1.99. The maximum Gasteiger partial charge on any atom is 0.282 e. The van der Waals surface area contributed by atoms with Crippen LogP contribution in [-0.4, -0.2) is 54.3 Å². The van der Waals surface area contributed by atoms with Crippen molar-refractivity contribution in [2.75, 3.05) is 33.4 Å². The van der Waals surface area contributed by atoms with Crippen LogP contribution in [0.4, 0.5) is 5.69 Å². The first-order chi connectivity index (χ1) is 9.52. The topological polar surface area (TPSA) is 92.9 Å². The van der Waals surface area contributed by atoms with Gasteiger partial charge in [0.25, 0.3) is 11.6 Å². The van der Waals surface area contributed by atoms with E-state index in [4.69, 9.17) is 9.84 Å². The number of nitro benzene ring substituents is 1. The van der Waals surface area contributed by atoms with Gasteiger partial charge in [-0.1, -0.05) is 12.1 Å². The van der Waals surface area contributed by atoms with Gasteiger partial charge in [-0.3, -0.25) is 14.9 Å². The molecule has 1 aromatic rings. The summed E-state index contributed by atoms with van der Waals surface area (Å²) in [5.41, 5.74) is 0.363. The number of nitrogens with zero attached hydrogens (tertiary/aromatic N) is 2. The molecule has 0 heterocycles. The normalized spacial score (nSPS) is 10.3. The maximum absolute atomic E-state index is 12.4. The minimum atomic E-state index is -0.576. The van der Waals surface area contributed by atoms with E-state index < -0.39 is 10.8 Å². The van der Waals surface area contributed by atoms with E-state index in [2.05, 4.69) is 0 Å². The Balaban J connectivity index is 3.13. The lowest BCUT2D eigenvalue weighted by molar-refractivity contribution is -0.385. The minimum Gasteiger partial charge on any atom is -0.395 e. The fourth-order valence-corrected chi connectivity index (χ4v) is 1.88. The SMILES string of the molecule is COCCN(CCO)C(=O)c1c(C)cccc1[N+](=O)[O-]. The predicted molar refractivity (Wildman–Crippen MR) is 72.7 cm³/mol. The van der Waals surface area contributed by atoms with Crippen LogP contribution in [0.5, 0.6) is 0 Å². The van der Waals surface area contributed by atoms with Gasteiger partial charge in [-0.2, -0.15) is 0 Å². The molecule has 0 saturated heterocycles. The van der Waals surface area contributed by atoms with Crippen molar-refractivity contribution < 1.29 is 19.6 Å². The summed E-state index contributed by atoms with van der Waals surface area (Å²) in [5.74, 6) is -0.471. The van der Waals surface area contributed by atoms with Crippen LogP contribution < -0.4 is 0 Å². The molecule has 0 saturated carbocycles. The fraction of sp³-hybridized carbons (Fsp3) is 0.462. The van der Waals surface area contributed by atoms with Gasteiger partial charge < -0.3 is 14.7 Å². The second-order valence-corrected chi connectivity index (χ2v) is 4.23. The summed E-state index contributed by atoms with van der Waals surface area (Å²) >= 11 is 0. The van der Waals surface area contributed by atoms with Crippen molar-refractivity contribution in [3.8, 4) is 0 Å². The number of aliphatic hydroxyl groups excluding tert-OH is 1. The van der Waals surface area contributed by atoms with Crippen LogP contribution in [0.2, 0.25) is 0 Å². The summed E-state index contributed by atoms with van der Waals surface area (Å²) in [6, 6.07) is 4.48. The maximum atomic E-state index is 12.4. The van der Waals surface area contributed by atoms with Crippen LogP contribution in [0.25, 0.3) is 0 Å². The highest BCUT2D eigenvalue weighted by Crippen LogP contribution is 2.23. The van der Waals surface area contributed by atoms with Crippen LogP contribution in [0, 0.1) is 17.0 Å². The molecule has 0 spiro atoms. The van der Waals surface area contributed by atoms with Gasteiger partial charge in [0.1, 0.15) is 5.56 Å². The highest BCUT2D eigenvalue weighted by atomic mass is 16.6. The number of hydrogen-bond acceptors (Lipinski definition) is 5. The second-order valence-electron chi connectivity index (χ2n) is 4.23. The van der Waals surface area contributed by atoms with Gasteiger partial charge in [0, 0.05) is 26.3 Å². The van der Waals surface area contributed by atoms with E-state index in [1.807, 2.05) is 0 Å². The Kier molecular flexibility index (Phi) is 6.08. The van der Waals surface area contributed by atoms with E-state index >= 15 is 0 Å². The Morgan fingerprint density at radius 1 is 1.45 bits per heavy atom. The zero-order valence-electron chi connectivity index (χ0n) is 11.5. The zero-order chi connectivity index (χ0) is 15.1. The third kappa shape index (κ3) is 3.75. The first-order valence-corrected chi connectivity index (χ1v) is 6.16. The number of benzene rings is 1. The van der Waals surface area contributed by atoms with Crippen molar-refractivity contribution >= 4 is 11.6 Å². The monoisotopic (exact) mass is 282 g/mol. The quantitative estimate of drug-likeness (QED) is 0.594. The predicted octanol–water partition coefficient (Wildman–Crippen LogP) is 0.984. The second kappa shape index (κ2) is 7.56. The number of aliphatic hydroxyl groups is 1. The first-order valence-electron chi connectivity index (χ1n) is 6.16. The molecule has 110 valence electrons. The number of methoxy groups -OCH3 is 1. The smallest absolute Gasteiger partial charge is 0.282 e. The largest absolute Gasteiger partial charge is 0.395 e. The Bertz CT molecular complexity index is 490. The lowest BCUT2D eigenvalue weighted by Crippen LogP contribution is -2.36. The van der Waals surface area contributed by atoms with Crippen LogP contribution in [0.15, 0.2) is 18.2 Å². The average molecular weight is 282 g/mol. The Morgan fingerprint density at radius 3 is 2.70 bits per heavy atom. The summed E-state index contributed by atoms with van der Waals surface area (Å²) in [6.45, 7) is 2.10. The number of carbonyl (C=O) groups excluding carboxylic acids is 1. The van der Waals surface area contributed by atoms with Crippen LogP contribution in [0.3, 0.4) is 0 Å². The summed E-state index contributed by atoms with van der Waals surface area (Å²) in [4.78, 5) is 24.2. The van der Waals surface area contributed by atoms with Crippen LogP contribution in [0.1, 0.15) is 15.9 Å². The molecule has 0 fully saturated rings. The van der Waals surface area contributed by atoms with E-state index in [9.17, 15) is 14.9 Å². The van der Waals surface area contributed by atoms with E-state index in [0.717, 1.165) is 0 Å². The molecule has 0 bridgehead atoms. The molecule has 0 radical (unpaired) electrons. The molecule has 7 heteroatoms. The number of ether oxygens (including phenoxy) is 1. The molecule has 0 unspecified atom stereocenters. The molecular weight excluding hydrogens is 264 g/mol. The molecule has 1 amide bonds. The highest BCUT2D eigenvalue weighted by Gasteiger charge is 2.26. The molecule has 0 aliphatic carbocycles. The molecule has 1 N–H and O–H groups in total. The highest BCUT2D eigenvalue weighted by molar-refractivity contribution is 5.99. The fourth-order valence-electron chi connectivity index (χ4n) is 1.88. The number of rotatable bonds is 7. The van der Waals surface area contributed by atoms with Crippen molar-refractivity contribution in [3.05, 3.63) is 39.4 Å². The summed E-state index contributed by atoms with van der Waals surface area (Å²) in [7, 11) is 1.50. The summed E-state index contributed by atoms with van der Waals surface area (Å²) in [6.07, 6.45) is 0. The van der Waals surface area contributed by atoms with E-state index in [1.54, 1.807) is 13.0 Å². The lowest BCUT2D eigenvalue weighted by Gasteiger charge is -2.22. The number of carbonyl (C=O) groups is 1. The van der Waals surface area contributed by atoms with E-state index in [-0.39, 0.29) is 30.9 Å². The van der Waals surface area contributed by atoms with Crippen LogP contribution in [-0.2, 0) is 4.74 Å². The zero-order valence-corrected chi connectivity index (χ0v) is 11.5. The molecule has 1 aromatic carbocycles. The van der Waals surface area contributed by atoms with E-state index in [0.29, 0.717) is 12.2 Å². The van der Waals surface area contributed by atoms with Gasteiger partial charge in [-0.15, -0.1) is 0 Å². The summed E-state index contributed by atoms with van der Waals surface area (Å²) in [5, 5.41) is 20.0. The van der Waals surface area contributed by atoms with Gasteiger partial charge in [-0.05, 0) is 12.5 Å².